The third kappa shape index (κ3) is 2.88. The lowest BCUT2D eigenvalue weighted by Gasteiger charge is -2.32. The van der Waals surface area contributed by atoms with Crippen LogP contribution in [0.3, 0.4) is 0 Å². The third-order valence-electron chi connectivity index (χ3n) is 3.90. The number of thiophene rings is 1. The molecule has 0 radical (unpaired) electrons. The Kier molecular flexibility index (Phi) is 4.20. The van der Waals surface area contributed by atoms with Crippen LogP contribution in [-0.4, -0.2) is 31.2 Å². The van der Waals surface area contributed by atoms with E-state index in [0.717, 1.165) is 17.3 Å². The topological polar surface area (TPSA) is 61.5 Å². The summed E-state index contributed by atoms with van der Waals surface area (Å²) in [6, 6.07) is 1.83. The zero-order chi connectivity index (χ0) is 15.0. The van der Waals surface area contributed by atoms with E-state index in [-0.39, 0.29) is 11.2 Å². The van der Waals surface area contributed by atoms with E-state index in [1.807, 2.05) is 45.2 Å². The number of nitrogens with two attached hydrogens (primary N) is 1. The predicted octanol–water partition coefficient (Wildman–Crippen LogP) is 2.53. The van der Waals surface area contributed by atoms with E-state index in [9.17, 15) is 4.79 Å². The Hall–Kier alpha value is -0.945. The van der Waals surface area contributed by atoms with Crippen LogP contribution >= 0.6 is 11.3 Å². The van der Waals surface area contributed by atoms with E-state index < -0.39 is 7.12 Å². The minimum atomic E-state index is -0.440. The molecular formula is C14H20BNO3S. The molecule has 2 heterocycles. The summed E-state index contributed by atoms with van der Waals surface area (Å²) in [6.45, 7) is 8.39. The molecule has 0 amide bonds. The fraction of sp³-hybridized carbons (Fsp3) is 0.500. The monoisotopic (exact) mass is 293 g/mol. The first-order valence-electron chi connectivity index (χ1n) is 6.59. The largest absolute Gasteiger partial charge is 0.491 e. The van der Waals surface area contributed by atoms with Gasteiger partial charge in [0.15, 0.2) is 6.29 Å². The first kappa shape index (κ1) is 15.4. The van der Waals surface area contributed by atoms with Crippen molar-refractivity contribution in [2.75, 3.05) is 6.54 Å². The Balaban J connectivity index is 2.23. The van der Waals surface area contributed by atoms with E-state index in [1.165, 1.54) is 11.3 Å². The molecule has 1 aromatic heterocycles. The zero-order valence-electron chi connectivity index (χ0n) is 12.3. The van der Waals surface area contributed by atoms with Gasteiger partial charge in [0.05, 0.1) is 16.1 Å². The maximum Gasteiger partial charge on any atom is 0.491 e. The average Bonchev–Trinajstić information content (AvgIpc) is 2.89. The molecule has 0 unspecified atom stereocenters. The Labute approximate surface area is 124 Å². The van der Waals surface area contributed by atoms with Crippen LogP contribution in [0.25, 0.3) is 6.08 Å². The van der Waals surface area contributed by atoms with Crippen molar-refractivity contribution in [2.24, 2.45) is 5.73 Å². The number of carbonyl (C=O) groups is 1. The predicted molar refractivity (Wildman–Crippen MR) is 82.8 cm³/mol. The van der Waals surface area contributed by atoms with Crippen molar-refractivity contribution in [1.82, 2.24) is 0 Å². The van der Waals surface area contributed by atoms with E-state index in [1.54, 1.807) is 0 Å². The van der Waals surface area contributed by atoms with Crippen LogP contribution in [0.2, 0.25) is 0 Å². The van der Waals surface area contributed by atoms with Gasteiger partial charge in [-0.25, -0.2) is 0 Å². The molecular weight excluding hydrogens is 273 g/mol. The van der Waals surface area contributed by atoms with E-state index >= 15 is 0 Å². The second-order valence-corrected chi connectivity index (χ2v) is 6.85. The molecule has 6 heteroatoms. The second kappa shape index (κ2) is 5.45. The molecule has 0 aliphatic carbocycles. The maximum atomic E-state index is 10.7. The molecule has 1 aromatic rings. The molecule has 20 heavy (non-hydrogen) atoms. The standard InChI is InChI=1S/C14H20BNO3S/c1-13(2)14(3,4)19-15(18-13)11(7-16)5-10-6-12(8-17)20-9-10/h5-6,8-9H,7,16H2,1-4H3. The Morgan fingerprint density at radius 3 is 2.40 bits per heavy atom. The Morgan fingerprint density at radius 2 is 1.95 bits per heavy atom. The van der Waals surface area contributed by atoms with E-state index in [0.29, 0.717) is 11.4 Å². The van der Waals surface area contributed by atoms with Crippen LogP contribution in [0.15, 0.2) is 16.9 Å². The summed E-state index contributed by atoms with van der Waals surface area (Å²) in [7, 11) is -0.440. The first-order chi connectivity index (χ1) is 9.29. The molecule has 0 aromatic carbocycles. The van der Waals surface area contributed by atoms with Crippen LogP contribution < -0.4 is 5.73 Å². The normalized spacial score (nSPS) is 21.2. The summed E-state index contributed by atoms with van der Waals surface area (Å²) in [4.78, 5) is 11.4. The summed E-state index contributed by atoms with van der Waals surface area (Å²) in [5.41, 5.74) is 6.89. The Bertz CT molecular complexity index is 520. The lowest BCUT2D eigenvalue weighted by molar-refractivity contribution is 0.00578. The van der Waals surface area contributed by atoms with Gasteiger partial charge in [-0.3, -0.25) is 4.79 Å². The SMILES string of the molecule is CC1(C)OB(C(=Cc2csc(C=O)c2)CN)OC1(C)C. The number of hydrogen-bond acceptors (Lipinski definition) is 5. The molecule has 1 fully saturated rings. The summed E-state index contributed by atoms with van der Waals surface area (Å²) in [5, 5.41) is 1.92. The third-order valence-corrected chi connectivity index (χ3v) is 4.78. The van der Waals surface area contributed by atoms with Crippen LogP contribution in [0, 0.1) is 0 Å². The van der Waals surface area contributed by atoms with Gasteiger partial charge in [0.1, 0.15) is 0 Å². The van der Waals surface area contributed by atoms with Crippen LogP contribution in [0.5, 0.6) is 0 Å². The smallest absolute Gasteiger partial charge is 0.400 e. The van der Waals surface area contributed by atoms with Crippen molar-refractivity contribution >= 4 is 30.8 Å². The average molecular weight is 293 g/mol. The number of hydrogen-bond donors (Lipinski definition) is 1. The molecule has 1 aliphatic heterocycles. The number of carbonyl (C=O) groups excluding carboxylic acids is 1. The van der Waals surface area contributed by atoms with Gasteiger partial charge in [0.2, 0.25) is 0 Å². The second-order valence-electron chi connectivity index (χ2n) is 5.91. The molecule has 1 saturated heterocycles. The summed E-state index contributed by atoms with van der Waals surface area (Å²) in [6.07, 6.45) is 2.78. The van der Waals surface area contributed by atoms with E-state index in [2.05, 4.69) is 0 Å². The van der Waals surface area contributed by atoms with Gasteiger partial charge in [-0.1, -0.05) is 6.08 Å². The quantitative estimate of drug-likeness (QED) is 0.684. The molecule has 0 atom stereocenters. The maximum absolute atomic E-state index is 10.7. The number of rotatable bonds is 4. The van der Waals surface area contributed by atoms with Gasteiger partial charge >= 0.3 is 7.12 Å². The molecule has 0 spiro atoms. The highest BCUT2D eigenvalue weighted by Crippen LogP contribution is 2.38. The van der Waals surface area contributed by atoms with Crippen LogP contribution in [0.4, 0.5) is 0 Å². The summed E-state index contributed by atoms with van der Waals surface area (Å²) >= 11 is 1.41. The fourth-order valence-electron chi connectivity index (χ4n) is 1.94. The van der Waals surface area contributed by atoms with Crippen LogP contribution in [0.1, 0.15) is 42.9 Å². The Morgan fingerprint density at radius 1 is 1.35 bits per heavy atom. The highest BCUT2D eigenvalue weighted by molar-refractivity contribution is 7.11. The highest BCUT2D eigenvalue weighted by atomic mass is 32.1. The molecule has 0 saturated carbocycles. The van der Waals surface area contributed by atoms with Gasteiger partial charge in [-0.05, 0) is 50.2 Å². The number of aldehydes is 1. The minimum Gasteiger partial charge on any atom is -0.400 e. The van der Waals surface area contributed by atoms with Crippen molar-refractivity contribution in [2.45, 2.75) is 38.9 Å². The summed E-state index contributed by atoms with van der Waals surface area (Å²) < 4.78 is 12.0. The van der Waals surface area contributed by atoms with Gasteiger partial charge < -0.3 is 15.0 Å². The molecule has 1 aliphatic rings. The van der Waals surface area contributed by atoms with Crippen LogP contribution in [-0.2, 0) is 9.31 Å². The molecule has 4 nitrogen and oxygen atoms in total. The minimum absolute atomic E-state index is 0.350. The van der Waals surface area contributed by atoms with Crippen molar-refractivity contribution in [3.8, 4) is 0 Å². The van der Waals surface area contributed by atoms with Gasteiger partial charge in [0.25, 0.3) is 0 Å². The highest BCUT2D eigenvalue weighted by Gasteiger charge is 2.52. The molecule has 2 N–H and O–H groups in total. The van der Waals surface area contributed by atoms with Gasteiger partial charge in [0, 0.05) is 6.54 Å². The van der Waals surface area contributed by atoms with E-state index in [4.69, 9.17) is 15.0 Å². The first-order valence-corrected chi connectivity index (χ1v) is 7.47. The van der Waals surface area contributed by atoms with Crippen molar-refractivity contribution in [1.29, 1.82) is 0 Å². The molecule has 0 bridgehead atoms. The van der Waals surface area contributed by atoms with Crippen molar-refractivity contribution in [3.63, 3.8) is 0 Å². The van der Waals surface area contributed by atoms with Gasteiger partial charge in [-0.2, -0.15) is 0 Å². The summed E-state index contributed by atoms with van der Waals surface area (Å²) in [5.74, 6) is 0. The van der Waals surface area contributed by atoms with Gasteiger partial charge in [-0.15, -0.1) is 11.3 Å². The fourth-order valence-corrected chi connectivity index (χ4v) is 2.61. The van der Waals surface area contributed by atoms with Crippen molar-refractivity contribution in [3.05, 3.63) is 27.4 Å². The molecule has 108 valence electrons. The van der Waals surface area contributed by atoms with Crippen molar-refractivity contribution < 1.29 is 14.1 Å². The lowest BCUT2D eigenvalue weighted by atomic mass is 9.77. The molecule has 2 rings (SSSR count). The zero-order valence-corrected chi connectivity index (χ0v) is 13.1. The lowest BCUT2D eigenvalue weighted by Crippen LogP contribution is -2.41.